The van der Waals surface area contributed by atoms with Gasteiger partial charge in [-0.3, -0.25) is 4.79 Å². The molecule has 0 aromatic heterocycles. The standard InChI is InChI=1S/C22H18F3NO2/c1-15-5-9-19(10-6-15)28-20-11-7-18(8-12-20)26-21(27)14-16-3-2-4-17(13-16)22(23,24)25/h2-13H,14H2,1H3,(H,26,27). The van der Waals surface area contributed by atoms with E-state index in [1.165, 1.54) is 12.1 Å². The summed E-state index contributed by atoms with van der Waals surface area (Å²) in [5.41, 5.74) is 1.20. The number of aryl methyl sites for hydroxylation is 1. The van der Waals surface area contributed by atoms with Gasteiger partial charge in [-0.2, -0.15) is 13.2 Å². The zero-order valence-electron chi connectivity index (χ0n) is 15.1. The summed E-state index contributed by atoms with van der Waals surface area (Å²) in [6.45, 7) is 1.99. The molecule has 0 fully saturated rings. The molecule has 0 aliphatic carbocycles. The highest BCUT2D eigenvalue weighted by Gasteiger charge is 2.30. The van der Waals surface area contributed by atoms with E-state index in [1.54, 1.807) is 24.3 Å². The van der Waals surface area contributed by atoms with Gasteiger partial charge in [0.1, 0.15) is 11.5 Å². The molecule has 0 saturated carbocycles. The summed E-state index contributed by atoms with van der Waals surface area (Å²) in [6.07, 6.45) is -4.58. The second-order valence-corrected chi connectivity index (χ2v) is 6.36. The van der Waals surface area contributed by atoms with Crippen molar-refractivity contribution in [1.29, 1.82) is 0 Å². The lowest BCUT2D eigenvalue weighted by Crippen LogP contribution is -2.15. The fourth-order valence-corrected chi connectivity index (χ4v) is 2.60. The Morgan fingerprint density at radius 3 is 2.14 bits per heavy atom. The molecule has 1 amide bonds. The number of ether oxygens (including phenoxy) is 1. The third-order valence-electron chi connectivity index (χ3n) is 4.01. The first kappa shape index (κ1) is 19.5. The Hall–Kier alpha value is -3.28. The van der Waals surface area contributed by atoms with Gasteiger partial charge in [0.25, 0.3) is 0 Å². The SMILES string of the molecule is Cc1ccc(Oc2ccc(NC(=O)Cc3cccc(C(F)(F)F)c3)cc2)cc1. The molecular weight excluding hydrogens is 367 g/mol. The first-order chi connectivity index (χ1) is 13.3. The quantitative estimate of drug-likeness (QED) is 0.586. The third-order valence-corrected chi connectivity index (χ3v) is 4.01. The molecule has 0 spiro atoms. The fourth-order valence-electron chi connectivity index (χ4n) is 2.60. The Balaban J connectivity index is 1.59. The Labute approximate surface area is 160 Å². The molecule has 6 heteroatoms. The number of alkyl halides is 3. The summed E-state index contributed by atoms with van der Waals surface area (Å²) in [6, 6.07) is 19.1. The Bertz CT molecular complexity index is 949. The Morgan fingerprint density at radius 2 is 1.54 bits per heavy atom. The molecule has 0 aliphatic heterocycles. The molecule has 0 heterocycles. The number of amides is 1. The molecule has 3 rings (SSSR count). The molecular formula is C22H18F3NO2. The number of carbonyl (C=O) groups excluding carboxylic acids is 1. The average Bonchev–Trinajstić information content (AvgIpc) is 2.65. The van der Waals surface area contributed by atoms with Gasteiger partial charge in [-0.25, -0.2) is 0 Å². The highest BCUT2D eigenvalue weighted by Crippen LogP contribution is 2.29. The van der Waals surface area contributed by atoms with Crippen LogP contribution in [0.15, 0.2) is 72.8 Å². The van der Waals surface area contributed by atoms with Gasteiger partial charge in [0.15, 0.2) is 0 Å². The Morgan fingerprint density at radius 1 is 0.929 bits per heavy atom. The number of anilines is 1. The van der Waals surface area contributed by atoms with Gasteiger partial charge in [0.05, 0.1) is 12.0 Å². The molecule has 3 aromatic carbocycles. The molecule has 0 unspecified atom stereocenters. The molecule has 144 valence electrons. The summed E-state index contributed by atoms with van der Waals surface area (Å²) in [7, 11) is 0. The van der Waals surface area contributed by atoms with Gasteiger partial charge in [-0.15, -0.1) is 0 Å². The first-order valence-corrected chi connectivity index (χ1v) is 8.60. The van der Waals surface area contributed by atoms with Crippen LogP contribution in [0.2, 0.25) is 0 Å². The van der Waals surface area contributed by atoms with E-state index in [1.807, 2.05) is 31.2 Å². The van der Waals surface area contributed by atoms with Crippen LogP contribution in [0, 0.1) is 6.92 Å². The van der Waals surface area contributed by atoms with Crippen LogP contribution in [0.25, 0.3) is 0 Å². The van der Waals surface area contributed by atoms with Crippen LogP contribution in [0.5, 0.6) is 11.5 Å². The topological polar surface area (TPSA) is 38.3 Å². The zero-order chi connectivity index (χ0) is 20.1. The van der Waals surface area contributed by atoms with Gasteiger partial charge >= 0.3 is 6.18 Å². The summed E-state index contributed by atoms with van der Waals surface area (Å²) >= 11 is 0. The summed E-state index contributed by atoms with van der Waals surface area (Å²) in [5.74, 6) is 0.915. The lowest BCUT2D eigenvalue weighted by molar-refractivity contribution is -0.137. The van der Waals surface area contributed by atoms with Crippen LogP contribution in [0.4, 0.5) is 18.9 Å². The van der Waals surface area contributed by atoms with Crippen LogP contribution in [0.3, 0.4) is 0 Å². The molecule has 0 aliphatic rings. The van der Waals surface area contributed by atoms with Crippen LogP contribution in [-0.4, -0.2) is 5.91 Å². The molecule has 28 heavy (non-hydrogen) atoms. The van der Waals surface area contributed by atoms with Gasteiger partial charge in [0.2, 0.25) is 5.91 Å². The number of hydrogen-bond donors (Lipinski definition) is 1. The van der Waals surface area contributed by atoms with Crippen molar-refractivity contribution >= 4 is 11.6 Å². The maximum atomic E-state index is 12.8. The van der Waals surface area contributed by atoms with Crippen LogP contribution < -0.4 is 10.1 Å². The minimum atomic E-state index is -4.43. The number of carbonyl (C=O) groups is 1. The van der Waals surface area contributed by atoms with Crippen molar-refractivity contribution < 1.29 is 22.7 Å². The van der Waals surface area contributed by atoms with Crippen molar-refractivity contribution in [2.24, 2.45) is 0 Å². The smallest absolute Gasteiger partial charge is 0.416 e. The number of hydrogen-bond acceptors (Lipinski definition) is 2. The predicted molar refractivity (Wildman–Crippen MR) is 101 cm³/mol. The molecule has 1 N–H and O–H groups in total. The largest absolute Gasteiger partial charge is 0.457 e. The van der Waals surface area contributed by atoms with Gasteiger partial charge in [-0.05, 0) is 55.0 Å². The number of halogens is 3. The molecule has 0 radical (unpaired) electrons. The first-order valence-electron chi connectivity index (χ1n) is 8.60. The van der Waals surface area contributed by atoms with E-state index in [-0.39, 0.29) is 6.42 Å². The van der Waals surface area contributed by atoms with E-state index >= 15 is 0 Å². The van der Waals surface area contributed by atoms with Crippen molar-refractivity contribution in [3.63, 3.8) is 0 Å². The summed E-state index contributed by atoms with van der Waals surface area (Å²) in [4.78, 5) is 12.1. The number of nitrogens with one attached hydrogen (secondary N) is 1. The maximum Gasteiger partial charge on any atom is 0.416 e. The molecule has 3 aromatic rings. The number of benzene rings is 3. The molecule has 3 nitrogen and oxygen atoms in total. The molecule has 0 saturated heterocycles. The molecule has 0 bridgehead atoms. The van der Waals surface area contributed by atoms with Crippen molar-refractivity contribution in [2.45, 2.75) is 19.5 Å². The second kappa shape index (κ2) is 8.17. The maximum absolute atomic E-state index is 12.8. The minimum absolute atomic E-state index is 0.147. The third kappa shape index (κ3) is 5.36. The number of rotatable bonds is 5. The lowest BCUT2D eigenvalue weighted by Gasteiger charge is -2.10. The summed E-state index contributed by atoms with van der Waals surface area (Å²) < 4.78 is 44.0. The fraction of sp³-hybridized carbons (Fsp3) is 0.136. The van der Waals surface area contributed by atoms with Crippen LogP contribution >= 0.6 is 0 Å². The van der Waals surface area contributed by atoms with Crippen molar-refractivity contribution in [2.75, 3.05) is 5.32 Å². The minimum Gasteiger partial charge on any atom is -0.457 e. The van der Waals surface area contributed by atoms with E-state index in [2.05, 4.69) is 5.32 Å². The van der Waals surface area contributed by atoms with E-state index in [4.69, 9.17) is 4.74 Å². The normalized spacial score (nSPS) is 11.1. The van der Waals surface area contributed by atoms with Gasteiger partial charge < -0.3 is 10.1 Å². The Kier molecular flexibility index (Phi) is 5.68. The average molecular weight is 385 g/mol. The van der Waals surface area contributed by atoms with Crippen molar-refractivity contribution in [3.05, 3.63) is 89.5 Å². The second-order valence-electron chi connectivity index (χ2n) is 6.36. The van der Waals surface area contributed by atoms with Crippen molar-refractivity contribution in [1.82, 2.24) is 0 Å². The lowest BCUT2D eigenvalue weighted by atomic mass is 10.1. The van der Waals surface area contributed by atoms with Crippen LogP contribution in [-0.2, 0) is 17.4 Å². The van der Waals surface area contributed by atoms with Crippen LogP contribution in [0.1, 0.15) is 16.7 Å². The van der Waals surface area contributed by atoms with Gasteiger partial charge in [0, 0.05) is 5.69 Å². The van der Waals surface area contributed by atoms with E-state index in [0.717, 1.165) is 17.7 Å². The predicted octanol–water partition coefficient (Wildman–Crippen LogP) is 5.99. The monoisotopic (exact) mass is 385 g/mol. The van der Waals surface area contributed by atoms with E-state index in [0.29, 0.717) is 22.7 Å². The summed E-state index contributed by atoms with van der Waals surface area (Å²) in [5, 5.41) is 2.67. The highest BCUT2D eigenvalue weighted by atomic mass is 19.4. The van der Waals surface area contributed by atoms with E-state index < -0.39 is 17.6 Å². The zero-order valence-corrected chi connectivity index (χ0v) is 15.1. The molecule has 0 atom stereocenters. The van der Waals surface area contributed by atoms with Crippen molar-refractivity contribution in [3.8, 4) is 11.5 Å². The highest BCUT2D eigenvalue weighted by molar-refractivity contribution is 5.92. The van der Waals surface area contributed by atoms with E-state index in [9.17, 15) is 18.0 Å². The van der Waals surface area contributed by atoms with Gasteiger partial charge in [-0.1, -0.05) is 35.9 Å².